The number of rotatable bonds is 6. The van der Waals surface area contributed by atoms with E-state index in [2.05, 4.69) is 49.3 Å². The van der Waals surface area contributed by atoms with Gasteiger partial charge < -0.3 is 4.74 Å². The molecule has 2 aromatic heterocycles. The number of benzene rings is 1. The molecule has 0 radical (unpaired) electrons. The van der Waals surface area contributed by atoms with E-state index < -0.39 is 0 Å². The Morgan fingerprint density at radius 1 is 1.19 bits per heavy atom. The summed E-state index contributed by atoms with van der Waals surface area (Å²) in [6.07, 6.45) is 7.70. The van der Waals surface area contributed by atoms with Crippen molar-refractivity contribution in [2.24, 2.45) is 0 Å². The van der Waals surface area contributed by atoms with Crippen LogP contribution in [0.15, 0.2) is 47.2 Å². The Hall–Kier alpha value is -2.45. The van der Waals surface area contributed by atoms with Gasteiger partial charge in [0.1, 0.15) is 0 Å². The van der Waals surface area contributed by atoms with Crippen LogP contribution in [0.3, 0.4) is 0 Å². The third-order valence-electron chi connectivity index (χ3n) is 6.49. The first-order chi connectivity index (χ1) is 15.6. The summed E-state index contributed by atoms with van der Waals surface area (Å²) in [7, 11) is 0. The van der Waals surface area contributed by atoms with Gasteiger partial charge in [-0.05, 0) is 37.5 Å². The fourth-order valence-electron chi connectivity index (χ4n) is 4.93. The highest BCUT2D eigenvalue weighted by Gasteiger charge is 2.43. The Morgan fingerprint density at radius 2 is 1.94 bits per heavy atom. The van der Waals surface area contributed by atoms with Gasteiger partial charge in [0.15, 0.2) is 0 Å². The van der Waals surface area contributed by atoms with Gasteiger partial charge in [-0.15, -0.1) is 0 Å². The number of likely N-dealkylation sites (tertiary alicyclic amines) is 1. The number of carbonyl (C=O) groups is 1. The van der Waals surface area contributed by atoms with Crippen LogP contribution in [0.2, 0.25) is 0 Å². The van der Waals surface area contributed by atoms with E-state index in [1.54, 1.807) is 6.20 Å². The molecule has 1 amide bonds. The van der Waals surface area contributed by atoms with Crippen molar-refractivity contribution in [1.29, 1.82) is 0 Å². The number of piperazine rings is 1. The van der Waals surface area contributed by atoms with Crippen LogP contribution >= 0.6 is 15.9 Å². The van der Waals surface area contributed by atoms with Crippen molar-refractivity contribution < 1.29 is 9.53 Å². The van der Waals surface area contributed by atoms with Gasteiger partial charge in [0.2, 0.25) is 5.78 Å². The van der Waals surface area contributed by atoms with Gasteiger partial charge in [-0.25, -0.2) is 14.8 Å². The fraction of sp³-hybridized carbons (Fsp3) is 0.458. The van der Waals surface area contributed by atoms with Crippen LogP contribution in [0.1, 0.15) is 38.3 Å². The zero-order valence-electron chi connectivity index (χ0n) is 18.3. The van der Waals surface area contributed by atoms with Crippen LogP contribution in [0.4, 0.5) is 4.79 Å². The van der Waals surface area contributed by atoms with Crippen molar-refractivity contribution in [3.63, 3.8) is 0 Å². The van der Waals surface area contributed by atoms with Crippen molar-refractivity contribution in [1.82, 2.24) is 24.2 Å². The Bertz CT molecular complexity index is 1090. The summed E-state index contributed by atoms with van der Waals surface area (Å²) < 4.78 is 8.66. The molecular formula is C24H28BrN5O2. The second kappa shape index (κ2) is 9.19. The zero-order valence-corrected chi connectivity index (χ0v) is 19.9. The molecule has 2 fully saturated rings. The molecule has 7 nitrogen and oxygen atoms in total. The van der Waals surface area contributed by atoms with Crippen LogP contribution in [0.5, 0.6) is 0 Å². The molecule has 2 aliphatic heterocycles. The summed E-state index contributed by atoms with van der Waals surface area (Å²) in [5.41, 5.74) is 3.17. The lowest BCUT2D eigenvalue weighted by Gasteiger charge is -2.40. The molecule has 0 N–H and O–H groups in total. The van der Waals surface area contributed by atoms with Crippen LogP contribution in [0.25, 0.3) is 17.0 Å². The number of imidazole rings is 1. The van der Waals surface area contributed by atoms with Gasteiger partial charge in [-0.2, -0.15) is 0 Å². The average Bonchev–Trinajstić information content (AvgIpc) is 3.29. The average molecular weight is 498 g/mol. The number of ether oxygens (including phenoxy) is 1. The number of nitrogens with zero attached hydrogens (tertiary/aromatic N) is 5. The molecule has 2 bridgehead atoms. The summed E-state index contributed by atoms with van der Waals surface area (Å²) in [5, 5.41) is 0. The number of hydrogen-bond acceptors (Lipinski definition) is 5. The summed E-state index contributed by atoms with van der Waals surface area (Å²) >= 11 is 3.52. The maximum atomic E-state index is 12.7. The molecule has 4 heterocycles. The fourth-order valence-corrected chi connectivity index (χ4v) is 5.20. The summed E-state index contributed by atoms with van der Waals surface area (Å²) in [5.74, 6) is 0.710. The maximum Gasteiger partial charge on any atom is 0.410 e. The van der Waals surface area contributed by atoms with Crippen molar-refractivity contribution in [3.05, 3.63) is 52.9 Å². The topological polar surface area (TPSA) is 63.0 Å². The number of unbranched alkanes of at least 4 members (excludes halogenated alkanes) is 1. The SMILES string of the molecule is CCCCOC(=O)N1C2CCC1CN(Cc1c(-c3ccc(Br)cc3)nc3ncccn13)C2. The largest absolute Gasteiger partial charge is 0.449 e. The highest BCUT2D eigenvalue weighted by molar-refractivity contribution is 9.10. The van der Waals surface area contributed by atoms with Gasteiger partial charge in [-0.1, -0.05) is 41.4 Å². The third kappa shape index (κ3) is 4.13. The minimum Gasteiger partial charge on any atom is -0.449 e. The van der Waals surface area contributed by atoms with Crippen molar-refractivity contribution in [2.45, 2.75) is 51.2 Å². The van der Waals surface area contributed by atoms with E-state index in [9.17, 15) is 4.79 Å². The Labute approximate surface area is 196 Å². The lowest BCUT2D eigenvalue weighted by Crippen LogP contribution is -2.55. The molecule has 5 rings (SSSR count). The van der Waals surface area contributed by atoms with Crippen molar-refractivity contribution in [3.8, 4) is 11.3 Å². The molecule has 2 saturated heterocycles. The number of fused-ring (bicyclic) bond motifs is 3. The van der Waals surface area contributed by atoms with Crippen molar-refractivity contribution >= 4 is 27.8 Å². The molecule has 3 aromatic rings. The van der Waals surface area contributed by atoms with Crippen LogP contribution in [-0.2, 0) is 11.3 Å². The zero-order chi connectivity index (χ0) is 22.1. The first-order valence-electron chi connectivity index (χ1n) is 11.4. The maximum absolute atomic E-state index is 12.7. The Balaban J connectivity index is 1.37. The van der Waals surface area contributed by atoms with Crippen LogP contribution in [0, 0.1) is 0 Å². The Kier molecular flexibility index (Phi) is 6.15. The van der Waals surface area contributed by atoms with Gasteiger partial charge in [0.25, 0.3) is 0 Å². The highest BCUT2D eigenvalue weighted by Crippen LogP contribution is 2.33. The molecule has 0 aliphatic carbocycles. The van der Waals surface area contributed by atoms with Gasteiger partial charge in [-0.3, -0.25) is 14.2 Å². The second-order valence-corrected chi connectivity index (χ2v) is 9.57. The highest BCUT2D eigenvalue weighted by atomic mass is 79.9. The lowest BCUT2D eigenvalue weighted by molar-refractivity contribution is 0.0386. The monoisotopic (exact) mass is 497 g/mol. The second-order valence-electron chi connectivity index (χ2n) is 8.66. The summed E-state index contributed by atoms with van der Waals surface area (Å²) in [6.45, 7) is 5.10. The smallest absolute Gasteiger partial charge is 0.410 e. The molecule has 0 saturated carbocycles. The molecule has 1 aromatic carbocycles. The molecule has 8 heteroatoms. The molecule has 168 valence electrons. The van der Waals surface area contributed by atoms with E-state index in [-0.39, 0.29) is 18.2 Å². The van der Waals surface area contributed by atoms with E-state index >= 15 is 0 Å². The quantitative estimate of drug-likeness (QED) is 0.460. The first kappa shape index (κ1) is 21.4. The molecule has 2 atom stereocenters. The molecule has 2 unspecified atom stereocenters. The van der Waals surface area contributed by atoms with E-state index in [4.69, 9.17) is 9.72 Å². The first-order valence-corrected chi connectivity index (χ1v) is 12.2. The summed E-state index contributed by atoms with van der Waals surface area (Å²) in [4.78, 5) is 26.4. The number of carbonyl (C=O) groups excluding carboxylic acids is 1. The predicted octanol–water partition coefficient (Wildman–Crippen LogP) is 4.74. The van der Waals surface area contributed by atoms with E-state index in [1.807, 2.05) is 29.3 Å². The van der Waals surface area contributed by atoms with Crippen LogP contribution in [-0.4, -0.2) is 62.0 Å². The number of hydrogen-bond donors (Lipinski definition) is 0. The lowest BCUT2D eigenvalue weighted by atomic mass is 10.1. The van der Waals surface area contributed by atoms with E-state index in [0.29, 0.717) is 12.4 Å². The number of amides is 1. The molecule has 0 spiro atoms. The van der Waals surface area contributed by atoms with E-state index in [0.717, 1.165) is 66.7 Å². The minimum absolute atomic E-state index is 0.139. The minimum atomic E-state index is -0.139. The Morgan fingerprint density at radius 3 is 2.66 bits per heavy atom. The third-order valence-corrected chi connectivity index (χ3v) is 7.01. The number of halogens is 1. The predicted molar refractivity (Wildman–Crippen MR) is 126 cm³/mol. The standard InChI is InChI=1S/C24H28BrN5O2/c1-2-3-13-32-24(31)30-19-9-10-20(30)15-28(14-19)16-21-22(17-5-7-18(25)8-6-17)27-23-26-11-4-12-29(21)23/h4-8,11-12,19-20H,2-3,9-10,13-16H2,1H3. The van der Waals surface area contributed by atoms with Gasteiger partial charge in [0.05, 0.1) is 18.0 Å². The molecule has 32 heavy (non-hydrogen) atoms. The van der Waals surface area contributed by atoms with Crippen molar-refractivity contribution in [2.75, 3.05) is 19.7 Å². The van der Waals surface area contributed by atoms with Gasteiger partial charge >= 0.3 is 6.09 Å². The summed E-state index contributed by atoms with van der Waals surface area (Å²) in [6, 6.07) is 10.6. The van der Waals surface area contributed by atoms with E-state index in [1.165, 1.54) is 0 Å². The van der Waals surface area contributed by atoms with Gasteiger partial charge in [0, 0.05) is 54.1 Å². The number of aromatic nitrogens is 3. The van der Waals surface area contributed by atoms with Crippen LogP contribution < -0.4 is 0 Å². The normalized spacial score (nSPS) is 20.8. The molecule has 2 aliphatic rings. The molecular weight excluding hydrogens is 470 g/mol.